The van der Waals surface area contributed by atoms with Crippen LogP contribution in [0.5, 0.6) is 0 Å². The van der Waals surface area contributed by atoms with Crippen LogP contribution in [0.2, 0.25) is 0 Å². The van der Waals surface area contributed by atoms with E-state index in [2.05, 4.69) is 15.5 Å². The van der Waals surface area contributed by atoms with Gasteiger partial charge in [-0.15, -0.1) is 0 Å². The van der Waals surface area contributed by atoms with Crippen LogP contribution >= 0.6 is 0 Å². The molecule has 0 spiro atoms. The molecule has 1 heterocycles. The fourth-order valence-corrected chi connectivity index (χ4v) is 2.45. The maximum atomic E-state index is 13.8. The minimum atomic E-state index is -0.759. The van der Waals surface area contributed by atoms with Gasteiger partial charge in [-0.1, -0.05) is 18.2 Å². The van der Waals surface area contributed by atoms with Crippen molar-refractivity contribution < 1.29 is 9.18 Å². The fourth-order valence-electron chi connectivity index (χ4n) is 2.45. The van der Waals surface area contributed by atoms with Gasteiger partial charge in [0.05, 0.1) is 23.4 Å². The Bertz CT molecular complexity index is 998. The van der Waals surface area contributed by atoms with Crippen molar-refractivity contribution in [2.75, 3.05) is 0 Å². The van der Waals surface area contributed by atoms with E-state index in [0.717, 1.165) is 28.2 Å². The molecule has 2 N–H and O–H groups in total. The van der Waals surface area contributed by atoms with E-state index in [0.29, 0.717) is 0 Å². The van der Waals surface area contributed by atoms with Gasteiger partial charge in [0.2, 0.25) is 0 Å². The number of carbonyl (C=O) groups is 1. The van der Waals surface area contributed by atoms with Crippen LogP contribution in [0.25, 0.3) is 10.9 Å². The van der Waals surface area contributed by atoms with E-state index in [1.165, 1.54) is 18.3 Å². The third-order valence-corrected chi connectivity index (χ3v) is 3.65. The number of fused-ring (bicyclic) bond motifs is 1. The zero-order valence-corrected chi connectivity index (χ0v) is 12.8. The molecule has 0 aliphatic carbocycles. The van der Waals surface area contributed by atoms with E-state index in [4.69, 9.17) is 5.26 Å². The predicted octanol–water partition coefficient (Wildman–Crippen LogP) is 3.25. The number of amides is 1. The predicted molar refractivity (Wildman–Crippen MR) is 89.2 cm³/mol. The first-order valence-electron chi connectivity index (χ1n) is 7.20. The first kappa shape index (κ1) is 15.4. The molecule has 0 aliphatic heterocycles. The van der Waals surface area contributed by atoms with Crippen LogP contribution in [0.4, 0.5) is 4.39 Å². The maximum Gasteiger partial charge on any atom is 0.274 e. The van der Waals surface area contributed by atoms with Gasteiger partial charge < -0.3 is 4.98 Å². The average Bonchev–Trinajstić information content (AvgIpc) is 2.90. The zero-order chi connectivity index (χ0) is 17.1. The molecular weight excluding hydrogens is 307 g/mol. The Labute approximate surface area is 137 Å². The highest BCUT2D eigenvalue weighted by Crippen LogP contribution is 2.19. The van der Waals surface area contributed by atoms with Crippen molar-refractivity contribution >= 4 is 23.0 Å². The number of rotatable bonds is 3. The van der Waals surface area contributed by atoms with Crippen molar-refractivity contribution in [1.29, 1.82) is 5.26 Å². The van der Waals surface area contributed by atoms with Crippen LogP contribution in [-0.2, 0) is 0 Å². The van der Waals surface area contributed by atoms with Gasteiger partial charge in [-0.2, -0.15) is 10.4 Å². The van der Waals surface area contributed by atoms with E-state index in [9.17, 15) is 9.18 Å². The van der Waals surface area contributed by atoms with Gasteiger partial charge in [0.25, 0.3) is 5.91 Å². The standard InChI is InChI=1S/C18H13FN4O/c1-11-15(13-4-2-3-5-17(13)22-11)10-21-23-18(24)14-7-6-12(9-20)8-16(14)19/h2-8,10,22H,1H3,(H,23,24). The largest absolute Gasteiger partial charge is 0.358 e. The number of nitriles is 1. The highest BCUT2D eigenvalue weighted by atomic mass is 19.1. The lowest BCUT2D eigenvalue weighted by atomic mass is 10.1. The summed E-state index contributed by atoms with van der Waals surface area (Å²) in [4.78, 5) is 15.2. The molecule has 0 fully saturated rings. The lowest BCUT2D eigenvalue weighted by Gasteiger charge is -2.01. The highest BCUT2D eigenvalue weighted by molar-refractivity contribution is 6.01. The number of nitrogens with one attached hydrogen (secondary N) is 2. The summed E-state index contributed by atoms with van der Waals surface area (Å²) in [6.07, 6.45) is 1.52. The first-order chi connectivity index (χ1) is 11.6. The number of halogens is 1. The number of aryl methyl sites for hydroxylation is 1. The number of benzene rings is 2. The first-order valence-corrected chi connectivity index (χ1v) is 7.20. The number of H-pyrrole nitrogens is 1. The van der Waals surface area contributed by atoms with Crippen LogP contribution in [-0.4, -0.2) is 17.1 Å². The second-order valence-electron chi connectivity index (χ2n) is 5.21. The van der Waals surface area contributed by atoms with Crippen molar-refractivity contribution in [3.05, 3.63) is 70.7 Å². The number of aromatic nitrogens is 1. The summed E-state index contributed by atoms with van der Waals surface area (Å²) in [5.74, 6) is -1.43. The van der Waals surface area contributed by atoms with Crippen molar-refractivity contribution in [3.8, 4) is 6.07 Å². The quantitative estimate of drug-likeness (QED) is 0.574. The highest BCUT2D eigenvalue weighted by Gasteiger charge is 2.12. The molecule has 24 heavy (non-hydrogen) atoms. The molecule has 0 bridgehead atoms. The normalized spacial score (nSPS) is 10.9. The Kier molecular flexibility index (Phi) is 4.08. The smallest absolute Gasteiger partial charge is 0.274 e. The van der Waals surface area contributed by atoms with Gasteiger partial charge in [0, 0.05) is 22.2 Å². The number of nitrogens with zero attached hydrogens (tertiary/aromatic N) is 2. The molecule has 2 aromatic carbocycles. The van der Waals surface area contributed by atoms with Crippen LogP contribution in [0, 0.1) is 24.1 Å². The lowest BCUT2D eigenvalue weighted by Crippen LogP contribution is -2.19. The van der Waals surface area contributed by atoms with E-state index in [1.54, 1.807) is 0 Å². The van der Waals surface area contributed by atoms with Crippen molar-refractivity contribution in [1.82, 2.24) is 10.4 Å². The minimum absolute atomic E-state index is 0.155. The molecule has 1 amide bonds. The number of hydrazone groups is 1. The van der Waals surface area contributed by atoms with Crippen LogP contribution in [0.3, 0.4) is 0 Å². The lowest BCUT2D eigenvalue weighted by molar-refractivity contribution is 0.0951. The summed E-state index contributed by atoms with van der Waals surface area (Å²) >= 11 is 0. The molecule has 1 aromatic heterocycles. The summed E-state index contributed by atoms with van der Waals surface area (Å²) in [5, 5.41) is 13.6. The molecule has 5 nitrogen and oxygen atoms in total. The number of para-hydroxylation sites is 1. The summed E-state index contributed by atoms with van der Waals surface area (Å²) in [6.45, 7) is 1.91. The van der Waals surface area contributed by atoms with Gasteiger partial charge in [-0.25, -0.2) is 9.82 Å². The number of hydrogen-bond acceptors (Lipinski definition) is 3. The second kappa shape index (κ2) is 6.34. The van der Waals surface area contributed by atoms with Gasteiger partial charge >= 0.3 is 0 Å². The van der Waals surface area contributed by atoms with E-state index < -0.39 is 11.7 Å². The summed E-state index contributed by atoms with van der Waals surface area (Å²) in [7, 11) is 0. The monoisotopic (exact) mass is 320 g/mol. The Hall–Kier alpha value is -3.46. The van der Waals surface area contributed by atoms with Crippen LogP contribution in [0.15, 0.2) is 47.6 Å². The van der Waals surface area contributed by atoms with Crippen LogP contribution in [0.1, 0.15) is 27.2 Å². The molecular formula is C18H13FN4O. The molecule has 0 aliphatic rings. The second-order valence-corrected chi connectivity index (χ2v) is 5.21. The van der Waals surface area contributed by atoms with Gasteiger partial charge in [-0.05, 0) is 31.2 Å². The van der Waals surface area contributed by atoms with Gasteiger partial charge in [0.15, 0.2) is 0 Å². The fraction of sp³-hybridized carbons (Fsp3) is 0.0556. The maximum absolute atomic E-state index is 13.8. The number of hydrogen-bond donors (Lipinski definition) is 2. The Morgan fingerprint density at radius 3 is 2.88 bits per heavy atom. The molecule has 3 rings (SSSR count). The number of carbonyl (C=O) groups excluding carboxylic acids is 1. The third-order valence-electron chi connectivity index (χ3n) is 3.65. The van der Waals surface area contributed by atoms with Crippen LogP contribution < -0.4 is 5.43 Å². The SMILES string of the molecule is Cc1[nH]c2ccccc2c1C=NNC(=O)c1ccc(C#N)cc1F. The molecule has 0 radical (unpaired) electrons. The van der Waals surface area contributed by atoms with E-state index in [-0.39, 0.29) is 11.1 Å². The zero-order valence-electron chi connectivity index (χ0n) is 12.8. The summed E-state index contributed by atoms with van der Waals surface area (Å²) in [6, 6.07) is 13.2. The van der Waals surface area contributed by atoms with Crippen molar-refractivity contribution in [2.45, 2.75) is 6.92 Å². The van der Waals surface area contributed by atoms with Gasteiger partial charge in [0.1, 0.15) is 5.82 Å². The van der Waals surface area contributed by atoms with E-state index >= 15 is 0 Å². The molecule has 0 saturated heterocycles. The Balaban J connectivity index is 1.80. The summed E-state index contributed by atoms with van der Waals surface area (Å²) in [5.41, 5.74) is 5.03. The van der Waals surface area contributed by atoms with Gasteiger partial charge in [-0.3, -0.25) is 4.79 Å². The summed E-state index contributed by atoms with van der Waals surface area (Å²) < 4.78 is 13.8. The average molecular weight is 320 g/mol. The Morgan fingerprint density at radius 1 is 1.33 bits per heavy atom. The molecule has 0 saturated carbocycles. The van der Waals surface area contributed by atoms with E-state index in [1.807, 2.05) is 37.3 Å². The van der Waals surface area contributed by atoms with Crippen molar-refractivity contribution in [3.63, 3.8) is 0 Å². The topological polar surface area (TPSA) is 81.0 Å². The third kappa shape index (κ3) is 2.88. The number of aromatic amines is 1. The molecule has 0 unspecified atom stereocenters. The van der Waals surface area contributed by atoms with Crippen molar-refractivity contribution in [2.24, 2.45) is 5.10 Å². The molecule has 118 valence electrons. The molecule has 3 aromatic rings. The Morgan fingerprint density at radius 2 is 2.12 bits per heavy atom. The molecule has 0 atom stereocenters. The minimum Gasteiger partial charge on any atom is -0.358 e. The molecule has 6 heteroatoms.